The Labute approximate surface area is 106 Å². The quantitative estimate of drug-likeness (QED) is 0.810. The van der Waals surface area contributed by atoms with Crippen molar-refractivity contribution in [2.24, 2.45) is 0 Å². The summed E-state index contributed by atoms with van der Waals surface area (Å²) >= 11 is 0. The van der Waals surface area contributed by atoms with Crippen molar-refractivity contribution in [2.45, 2.75) is 6.10 Å². The zero-order valence-corrected chi connectivity index (χ0v) is 10.8. The molecule has 0 unspecified atom stereocenters. The summed E-state index contributed by atoms with van der Waals surface area (Å²) in [6, 6.07) is 5.56. The molecule has 1 saturated heterocycles. The molecule has 0 saturated carbocycles. The van der Waals surface area contributed by atoms with Crippen LogP contribution in [-0.2, 0) is 9.53 Å². The number of carbonyl (C=O) groups excluding carboxylic acids is 1. The highest BCUT2D eigenvalue weighted by Crippen LogP contribution is 2.33. The zero-order chi connectivity index (χ0) is 13.1. The SMILES string of the molecule is COc1ccc(OC)c([C@@H]2CN(C)C(=O)CO2)c1. The summed E-state index contributed by atoms with van der Waals surface area (Å²) in [6.07, 6.45) is -0.183. The van der Waals surface area contributed by atoms with Gasteiger partial charge in [-0.15, -0.1) is 0 Å². The maximum atomic E-state index is 11.4. The Morgan fingerprint density at radius 1 is 1.33 bits per heavy atom. The summed E-state index contributed by atoms with van der Waals surface area (Å²) in [4.78, 5) is 13.1. The fraction of sp³-hybridized carbons (Fsp3) is 0.462. The van der Waals surface area contributed by atoms with E-state index in [9.17, 15) is 4.79 Å². The van der Waals surface area contributed by atoms with Crippen LogP contribution in [-0.4, -0.2) is 45.2 Å². The average Bonchev–Trinajstić information content (AvgIpc) is 2.41. The van der Waals surface area contributed by atoms with Crippen molar-refractivity contribution in [1.29, 1.82) is 0 Å². The molecule has 1 aromatic rings. The number of nitrogens with zero attached hydrogens (tertiary/aromatic N) is 1. The van der Waals surface area contributed by atoms with Gasteiger partial charge in [0.05, 0.1) is 20.8 Å². The van der Waals surface area contributed by atoms with Crippen molar-refractivity contribution in [3.63, 3.8) is 0 Å². The van der Waals surface area contributed by atoms with Crippen LogP contribution in [0.25, 0.3) is 0 Å². The lowest BCUT2D eigenvalue weighted by molar-refractivity contribution is -0.147. The second-order valence-electron chi connectivity index (χ2n) is 4.18. The van der Waals surface area contributed by atoms with Crippen LogP contribution >= 0.6 is 0 Å². The summed E-state index contributed by atoms with van der Waals surface area (Å²) < 4.78 is 16.1. The predicted octanol–water partition coefficient (Wildman–Crippen LogP) is 1.23. The summed E-state index contributed by atoms with van der Waals surface area (Å²) in [7, 11) is 5.00. The van der Waals surface area contributed by atoms with Crippen molar-refractivity contribution >= 4 is 5.91 Å². The van der Waals surface area contributed by atoms with Gasteiger partial charge in [-0.3, -0.25) is 4.79 Å². The molecule has 1 aromatic carbocycles. The molecule has 0 aromatic heterocycles. The number of methoxy groups -OCH3 is 2. The van der Waals surface area contributed by atoms with Crippen LogP contribution in [0.3, 0.4) is 0 Å². The van der Waals surface area contributed by atoms with Crippen molar-refractivity contribution < 1.29 is 19.0 Å². The molecule has 0 radical (unpaired) electrons. The lowest BCUT2D eigenvalue weighted by Gasteiger charge is -2.31. The van der Waals surface area contributed by atoms with E-state index in [4.69, 9.17) is 14.2 Å². The maximum absolute atomic E-state index is 11.4. The molecule has 0 bridgehead atoms. The van der Waals surface area contributed by atoms with Crippen LogP contribution in [0, 0.1) is 0 Å². The van der Waals surface area contributed by atoms with E-state index in [-0.39, 0.29) is 18.6 Å². The minimum absolute atomic E-state index is 0.00638. The number of benzene rings is 1. The van der Waals surface area contributed by atoms with Crippen molar-refractivity contribution in [2.75, 3.05) is 34.4 Å². The van der Waals surface area contributed by atoms with Crippen molar-refractivity contribution in [3.8, 4) is 11.5 Å². The molecule has 1 atom stereocenters. The molecule has 1 aliphatic rings. The van der Waals surface area contributed by atoms with E-state index < -0.39 is 0 Å². The molecule has 5 nitrogen and oxygen atoms in total. The number of rotatable bonds is 3. The van der Waals surface area contributed by atoms with Gasteiger partial charge in [0.25, 0.3) is 0 Å². The highest BCUT2D eigenvalue weighted by Gasteiger charge is 2.27. The number of hydrogen-bond acceptors (Lipinski definition) is 4. The van der Waals surface area contributed by atoms with E-state index in [1.54, 1.807) is 26.2 Å². The number of likely N-dealkylation sites (N-methyl/N-ethyl adjacent to an activating group) is 1. The lowest BCUT2D eigenvalue weighted by atomic mass is 10.1. The van der Waals surface area contributed by atoms with Crippen molar-refractivity contribution in [1.82, 2.24) is 4.90 Å². The number of amides is 1. The van der Waals surface area contributed by atoms with Gasteiger partial charge in [0, 0.05) is 12.6 Å². The molecule has 1 amide bonds. The third-order valence-corrected chi connectivity index (χ3v) is 3.06. The highest BCUT2D eigenvalue weighted by atomic mass is 16.5. The number of carbonyl (C=O) groups is 1. The van der Waals surface area contributed by atoms with E-state index >= 15 is 0 Å². The standard InChI is InChI=1S/C13H17NO4/c1-14-7-12(18-8-13(14)15)10-6-9(16-2)4-5-11(10)17-3/h4-6,12H,7-8H2,1-3H3/t12-/m0/s1. The van der Waals surface area contributed by atoms with E-state index in [1.165, 1.54) is 0 Å². The third-order valence-electron chi connectivity index (χ3n) is 3.06. The van der Waals surface area contributed by atoms with Gasteiger partial charge in [-0.05, 0) is 18.2 Å². The lowest BCUT2D eigenvalue weighted by Crippen LogP contribution is -2.40. The molecule has 2 rings (SSSR count). The summed E-state index contributed by atoms with van der Waals surface area (Å²) in [6.45, 7) is 0.615. The van der Waals surface area contributed by atoms with Gasteiger partial charge in [-0.1, -0.05) is 0 Å². The summed E-state index contributed by atoms with van der Waals surface area (Å²) in [5.41, 5.74) is 0.899. The van der Waals surface area contributed by atoms with Gasteiger partial charge >= 0.3 is 0 Å². The molecule has 0 N–H and O–H groups in total. The molecule has 1 aliphatic heterocycles. The van der Waals surface area contributed by atoms with E-state index in [0.717, 1.165) is 17.1 Å². The van der Waals surface area contributed by atoms with E-state index in [2.05, 4.69) is 0 Å². The average molecular weight is 251 g/mol. The van der Waals surface area contributed by atoms with Gasteiger partial charge in [-0.2, -0.15) is 0 Å². The molecule has 1 heterocycles. The molecular weight excluding hydrogens is 234 g/mol. The Morgan fingerprint density at radius 3 is 2.72 bits per heavy atom. The molecule has 98 valence electrons. The zero-order valence-electron chi connectivity index (χ0n) is 10.8. The first-order valence-electron chi connectivity index (χ1n) is 5.73. The Balaban J connectivity index is 2.28. The summed E-state index contributed by atoms with van der Waals surface area (Å²) in [5, 5.41) is 0. The van der Waals surface area contributed by atoms with Crippen molar-refractivity contribution in [3.05, 3.63) is 23.8 Å². The van der Waals surface area contributed by atoms with Gasteiger partial charge in [0.1, 0.15) is 24.2 Å². The van der Waals surface area contributed by atoms with Crippen LogP contribution in [0.2, 0.25) is 0 Å². The van der Waals surface area contributed by atoms with Crippen LogP contribution in [0.15, 0.2) is 18.2 Å². The topological polar surface area (TPSA) is 48.0 Å². The Bertz CT molecular complexity index is 447. The molecule has 5 heteroatoms. The minimum Gasteiger partial charge on any atom is -0.497 e. The molecule has 18 heavy (non-hydrogen) atoms. The number of hydrogen-bond donors (Lipinski definition) is 0. The van der Waals surface area contributed by atoms with Crippen LogP contribution < -0.4 is 9.47 Å². The monoisotopic (exact) mass is 251 g/mol. The molecule has 0 spiro atoms. The maximum Gasteiger partial charge on any atom is 0.248 e. The molecule has 1 fully saturated rings. The molecule has 0 aliphatic carbocycles. The first-order valence-corrected chi connectivity index (χ1v) is 5.73. The normalized spacial score (nSPS) is 19.8. The fourth-order valence-corrected chi connectivity index (χ4v) is 1.96. The van der Waals surface area contributed by atoms with Crippen LogP contribution in [0.4, 0.5) is 0 Å². The fourth-order valence-electron chi connectivity index (χ4n) is 1.96. The van der Waals surface area contributed by atoms with Gasteiger partial charge in [0.2, 0.25) is 5.91 Å². The molecular formula is C13H17NO4. The predicted molar refractivity (Wildman–Crippen MR) is 65.9 cm³/mol. The van der Waals surface area contributed by atoms with Gasteiger partial charge in [0.15, 0.2) is 0 Å². The highest BCUT2D eigenvalue weighted by molar-refractivity contribution is 5.77. The first-order chi connectivity index (χ1) is 8.65. The Morgan fingerprint density at radius 2 is 2.11 bits per heavy atom. The largest absolute Gasteiger partial charge is 0.497 e. The van der Waals surface area contributed by atoms with E-state index in [1.807, 2.05) is 18.2 Å². The minimum atomic E-state index is -0.183. The summed E-state index contributed by atoms with van der Waals surface area (Å²) in [5.74, 6) is 1.48. The smallest absolute Gasteiger partial charge is 0.248 e. The van der Waals surface area contributed by atoms with Gasteiger partial charge < -0.3 is 19.1 Å². The Hall–Kier alpha value is -1.75. The van der Waals surface area contributed by atoms with Crippen LogP contribution in [0.1, 0.15) is 11.7 Å². The first kappa shape index (κ1) is 12.7. The van der Waals surface area contributed by atoms with Gasteiger partial charge in [-0.25, -0.2) is 0 Å². The number of ether oxygens (including phenoxy) is 3. The van der Waals surface area contributed by atoms with E-state index in [0.29, 0.717) is 6.54 Å². The van der Waals surface area contributed by atoms with Crippen LogP contribution in [0.5, 0.6) is 11.5 Å². The Kier molecular flexibility index (Phi) is 3.72. The third kappa shape index (κ3) is 2.41. The second-order valence-corrected chi connectivity index (χ2v) is 4.18. The second kappa shape index (κ2) is 5.27. The number of morpholine rings is 1.